The minimum atomic E-state index is -1.47. The minimum Gasteiger partial charge on any atom is -0.462 e. The van der Waals surface area contributed by atoms with E-state index >= 15 is 0 Å². The maximum Gasteiger partial charge on any atom is 0.407 e. The molecule has 0 radical (unpaired) electrons. The lowest BCUT2D eigenvalue weighted by molar-refractivity contribution is -0.160. The number of nitrogens with one attached hydrogen (secondary N) is 2. The first-order valence-corrected chi connectivity index (χ1v) is 16.6. The zero-order chi connectivity index (χ0) is 39.7. The second kappa shape index (κ2) is 24.6. The van der Waals surface area contributed by atoms with Gasteiger partial charge in [-0.1, -0.05) is 45.9 Å². The van der Waals surface area contributed by atoms with Crippen molar-refractivity contribution in [2.75, 3.05) is 65.9 Å². The first kappa shape index (κ1) is 45.5. The van der Waals surface area contributed by atoms with E-state index in [0.29, 0.717) is 6.54 Å². The predicted octanol–water partition coefficient (Wildman–Crippen LogP) is 2.46. The summed E-state index contributed by atoms with van der Waals surface area (Å²) in [6.45, 7) is 18.4. The fourth-order valence-electron chi connectivity index (χ4n) is 5.04. The summed E-state index contributed by atoms with van der Waals surface area (Å²) >= 11 is 0. The summed E-state index contributed by atoms with van der Waals surface area (Å²) in [5.74, 6) is -4.32. The van der Waals surface area contributed by atoms with Gasteiger partial charge in [0, 0.05) is 49.5 Å². The quantitative estimate of drug-likeness (QED) is 0.0740. The highest BCUT2D eigenvalue weighted by atomic mass is 16.6. The van der Waals surface area contributed by atoms with Gasteiger partial charge in [-0.05, 0) is 37.6 Å². The van der Waals surface area contributed by atoms with Gasteiger partial charge in [-0.25, -0.2) is 33.6 Å². The third-order valence-corrected chi connectivity index (χ3v) is 7.99. The lowest BCUT2D eigenvalue weighted by atomic mass is 9.81. The molecule has 0 bridgehead atoms. The highest BCUT2D eigenvalue weighted by molar-refractivity contribution is 5.83. The number of hydrogen-bond donors (Lipinski definition) is 2. The maximum atomic E-state index is 12.8. The molecule has 1 aliphatic carbocycles. The summed E-state index contributed by atoms with van der Waals surface area (Å²) in [4.78, 5) is 84.0. The van der Waals surface area contributed by atoms with Gasteiger partial charge in [0.25, 0.3) is 0 Å². The van der Waals surface area contributed by atoms with Gasteiger partial charge in [-0.3, -0.25) is 0 Å². The number of carbonyl (C=O) groups is 7. The summed E-state index contributed by atoms with van der Waals surface area (Å²) < 4.78 is 36.7. The maximum absolute atomic E-state index is 12.8. The van der Waals surface area contributed by atoms with E-state index in [-0.39, 0.29) is 44.7 Å². The lowest BCUT2D eigenvalue weighted by Crippen LogP contribution is -2.48. The third-order valence-electron chi connectivity index (χ3n) is 7.99. The molecule has 2 unspecified atom stereocenters. The van der Waals surface area contributed by atoms with Crippen molar-refractivity contribution in [3.05, 3.63) is 75.9 Å². The summed E-state index contributed by atoms with van der Waals surface area (Å²) in [6, 6.07) is 0. The summed E-state index contributed by atoms with van der Waals surface area (Å²) in [6.07, 6.45) is 8.16. The van der Waals surface area contributed by atoms with Crippen molar-refractivity contribution in [2.24, 2.45) is 22.7 Å². The Morgan fingerprint density at radius 2 is 0.811 bits per heavy atom. The Morgan fingerprint density at radius 3 is 1.17 bits per heavy atom. The van der Waals surface area contributed by atoms with Crippen LogP contribution in [-0.4, -0.2) is 108 Å². The van der Waals surface area contributed by atoms with E-state index in [1.54, 1.807) is 0 Å². The van der Waals surface area contributed by atoms with Crippen molar-refractivity contribution in [1.82, 2.24) is 10.6 Å². The van der Waals surface area contributed by atoms with Gasteiger partial charge in [0.05, 0.1) is 5.41 Å². The van der Waals surface area contributed by atoms with Crippen LogP contribution in [0.3, 0.4) is 0 Å². The van der Waals surface area contributed by atoms with Gasteiger partial charge in [0.1, 0.15) is 51.7 Å². The van der Waals surface area contributed by atoms with Gasteiger partial charge < -0.3 is 43.8 Å². The van der Waals surface area contributed by atoms with Crippen molar-refractivity contribution < 1.29 is 66.7 Å². The highest BCUT2D eigenvalue weighted by Gasteiger charge is 2.38. The average Bonchev–Trinajstić information content (AvgIpc) is 3.18. The molecule has 1 rings (SSSR count). The summed E-state index contributed by atoms with van der Waals surface area (Å²) in [5.41, 5.74) is -2.62. The molecule has 1 amide bonds. The van der Waals surface area contributed by atoms with Crippen molar-refractivity contribution >= 4 is 41.9 Å². The molecule has 0 saturated heterocycles. The number of ether oxygens (including phenoxy) is 7. The molecule has 2 atom stereocenters. The molecule has 53 heavy (non-hydrogen) atoms. The smallest absolute Gasteiger partial charge is 0.407 e. The standard InChI is InChI=1S/C37H50N2O14/c1-7-29(40)47-20-36(21-48-30(41)8-2,22-49-31(42)9-3)19-38-17-27-14-13-15-28(16-27)18-39-35(46)53-26-37(23-50-32(43)10-4,24-51-33(44)11-5)25-52-34(45)12-6/h7-12,27-28,38H,1-6,13-26H2,(H,39,46). The van der Waals surface area contributed by atoms with E-state index in [2.05, 4.69) is 50.1 Å². The third kappa shape index (κ3) is 18.5. The first-order valence-electron chi connectivity index (χ1n) is 16.6. The Balaban J connectivity index is 2.91. The number of alkyl carbamates (subject to hydrolysis) is 1. The predicted molar refractivity (Wildman–Crippen MR) is 189 cm³/mol. The van der Waals surface area contributed by atoms with Crippen LogP contribution in [0.5, 0.6) is 0 Å². The minimum absolute atomic E-state index is 0.0730. The summed E-state index contributed by atoms with van der Waals surface area (Å²) in [7, 11) is 0. The number of hydrogen-bond acceptors (Lipinski definition) is 15. The zero-order valence-electron chi connectivity index (χ0n) is 30.0. The molecule has 0 spiro atoms. The molecule has 0 aromatic rings. The molecule has 16 heteroatoms. The SMILES string of the molecule is C=CC(=O)OCC(CNCC1CCCC(CNC(=O)OCC(COC(=O)C=C)(COC(=O)C=C)COC(=O)C=C)C1)(COC(=O)C=C)COC(=O)C=C. The lowest BCUT2D eigenvalue weighted by Gasteiger charge is -2.34. The van der Waals surface area contributed by atoms with Crippen LogP contribution in [0.4, 0.5) is 4.79 Å². The molecule has 1 saturated carbocycles. The molecule has 0 aromatic carbocycles. The van der Waals surface area contributed by atoms with Gasteiger partial charge in [0.15, 0.2) is 0 Å². The van der Waals surface area contributed by atoms with Gasteiger partial charge >= 0.3 is 41.9 Å². The monoisotopic (exact) mass is 746 g/mol. The molecule has 16 nitrogen and oxygen atoms in total. The van der Waals surface area contributed by atoms with E-state index in [1.807, 2.05) is 0 Å². The van der Waals surface area contributed by atoms with E-state index in [4.69, 9.17) is 33.2 Å². The second-order valence-electron chi connectivity index (χ2n) is 12.4. The molecule has 2 N–H and O–H groups in total. The molecule has 1 aliphatic rings. The van der Waals surface area contributed by atoms with Gasteiger partial charge in [0.2, 0.25) is 0 Å². The van der Waals surface area contributed by atoms with E-state index in [9.17, 15) is 33.6 Å². The van der Waals surface area contributed by atoms with Crippen LogP contribution in [0.1, 0.15) is 25.7 Å². The van der Waals surface area contributed by atoms with Crippen LogP contribution in [0.15, 0.2) is 75.9 Å². The number of carbonyl (C=O) groups excluding carboxylic acids is 7. The van der Waals surface area contributed by atoms with E-state index in [0.717, 1.165) is 62.1 Å². The van der Waals surface area contributed by atoms with Crippen molar-refractivity contribution in [3.8, 4) is 0 Å². The Labute approximate surface area is 309 Å². The number of esters is 6. The molecule has 0 heterocycles. The molecule has 0 aliphatic heterocycles. The van der Waals surface area contributed by atoms with Crippen LogP contribution < -0.4 is 10.6 Å². The fourth-order valence-corrected chi connectivity index (χ4v) is 5.04. The van der Waals surface area contributed by atoms with Crippen LogP contribution in [0, 0.1) is 22.7 Å². The molecule has 1 fully saturated rings. The Bertz CT molecular complexity index is 1240. The van der Waals surface area contributed by atoms with Gasteiger partial charge in [-0.2, -0.15) is 0 Å². The molecule has 292 valence electrons. The normalized spacial score (nSPS) is 15.2. The Hall–Kier alpha value is -5.51. The average molecular weight is 747 g/mol. The molecular weight excluding hydrogens is 696 g/mol. The van der Waals surface area contributed by atoms with E-state index < -0.39 is 79.2 Å². The van der Waals surface area contributed by atoms with Crippen molar-refractivity contribution in [1.29, 1.82) is 0 Å². The Kier molecular flexibility index (Phi) is 21.2. The summed E-state index contributed by atoms with van der Waals surface area (Å²) in [5, 5.41) is 6.06. The Morgan fingerprint density at radius 1 is 0.491 bits per heavy atom. The van der Waals surface area contributed by atoms with Crippen LogP contribution in [-0.2, 0) is 61.9 Å². The largest absolute Gasteiger partial charge is 0.462 e. The van der Waals surface area contributed by atoms with Crippen LogP contribution >= 0.6 is 0 Å². The molecule has 0 aromatic heterocycles. The number of amides is 1. The second-order valence-corrected chi connectivity index (χ2v) is 12.4. The molecular formula is C37H50N2O14. The van der Waals surface area contributed by atoms with E-state index in [1.165, 1.54) is 0 Å². The fraction of sp³-hybridized carbons (Fsp3) is 0.486. The van der Waals surface area contributed by atoms with Crippen LogP contribution in [0.25, 0.3) is 0 Å². The van der Waals surface area contributed by atoms with Crippen LogP contribution in [0.2, 0.25) is 0 Å². The van der Waals surface area contributed by atoms with Gasteiger partial charge in [-0.15, -0.1) is 0 Å². The van der Waals surface area contributed by atoms with Crippen molar-refractivity contribution in [2.45, 2.75) is 25.7 Å². The van der Waals surface area contributed by atoms with Crippen molar-refractivity contribution in [3.63, 3.8) is 0 Å². The highest BCUT2D eigenvalue weighted by Crippen LogP contribution is 2.29. The first-order chi connectivity index (χ1) is 25.3. The topological polar surface area (TPSA) is 208 Å². The number of rotatable bonds is 26. The zero-order valence-corrected chi connectivity index (χ0v) is 30.0.